The van der Waals surface area contributed by atoms with Gasteiger partial charge in [0.25, 0.3) is 0 Å². The van der Waals surface area contributed by atoms with Crippen molar-refractivity contribution in [1.82, 2.24) is 5.48 Å². The van der Waals surface area contributed by atoms with Gasteiger partial charge in [-0.15, -0.1) is 0 Å². The van der Waals surface area contributed by atoms with Gasteiger partial charge in [-0.25, -0.2) is 8.78 Å². The fourth-order valence-corrected chi connectivity index (χ4v) is 2.02. The minimum absolute atomic E-state index is 0.447. The first kappa shape index (κ1) is 13.2. The Morgan fingerprint density at radius 3 is 2.28 bits per heavy atom. The monoisotopic (exact) mass is 267 g/mol. The van der Waals surface area contributed by atoms with Gasteiger partial charge < -0.3 is 0 Å². The molecule has 100 valence electrons. The molecule has 0 spiro atoms. The molecule has 0 aliphatic carbocycles. The average Bonchev–Trinajstić information content (AvgIpc) is 2.60. The molecule has 2 atom stereocenters. The number of hydroxylamine groups is 1. The van der Waals surface area contributed by atoms with Crippen LogP contribution >= 0.6 is 0 Å². The van der Waals surface area contributed by atoms with Gasteiger partial charge in [-0.2, -0.15) is 18.7 Å². The Labute approximate surface area is 99.7 Å². The van der Waals surface area contributed by atoms with E-state index in [1.165, 1.54) is 6.92 Å². The van der Waals surface area contributed by atoms with Crippen molar-refractivity contribution in [3.8, 4) is 0 Å². The largest absolute Gasteiger partial charge is 0.416 e. The SMILES string of the molecule is C[C@@]1(c2c(F)cccc2F)C[C@@H](C(F)(F)F)ON1. The summed E-state index contributed by atoms with van der Waals surface area (Å²) in [6.07, 6.45) is -7.25. The average molecular weight is 267 g/mol. The number of hydrogen-bond donors (Lipinski definition) is 1. The van der Waals surface area contributed by atoms with E-state index in [0.29, 0.717) is 0 Å². The number of alkyl halides is 3. The molecule has 0 saturated carbocycles. The van der Waals surface area contributed by atoms with E-state index < -0.39 is 41.4 Å². The number of benzene rings is 1. The Morgan fingerprint density at radius 2 is 1.83 bits per heavy atom. The molecular formula is C11H10F5NO. The van der Waals surface area contributed by atoms with Crippen LogP contribution in [0.15, 0.2) is 18.2 Å². The normalized spacial score (nSPS) is 28.7. The lowest BCUT2D eigenvalue weighted by Crippen LogP contribution is -2.34. The lowest BCUT2D eigenvalue weighted by molar-refractivity contribution is -0.218. The molecule has 0 unspecified atom stereocenters. The summed E-state index contributed by atoms with van der Waals surface area (Å²) < 4.78 is 64.5. The maximum absolute atomic E-state index is 13.6. The minimum atomic E-state index is -4.58. The predicted octanol–water partition coefficient (Wildman–Crippen LogP) is 3.04. The van der Waals surface area contributed by atoms with Crippen molar-refractivity contribution in [2.24, 2.45) is 0 Å². The number of nitrogens with one attached hydrogen (secondary N) is 1. The summed E-state index contributed by atoms with van der Waals surface area (Å²) in [7, 11) is 0. The predicted molar refractivity (Wildman–Crippen MR) is 52.4 cm³/mol. The maximum Gasteiger partial charge on any atom is 0.416 e. The van der Waals surface area contributed by atoms with Gasteiger partial charge in [-0.05, 0) is 19.1 Å². The van der Waals surface area contributed by atoms with Crippen molar-refractivity contribution >= 4 is 0 Å². The third kappa shape index (κ3) is 2.20. The van der Waals surface area contributed by atoms with E-state index in [2.05, 4.69) is 10.3 Å². The van der Waals surface area contributed by atoms with Crippen LogP contribution < -0.4 is 5.48 Å². The number of hydrogen-bond acceptors (Lipinski definition) is 2. The van der Waals surface area contributed by atoms with Crippen LogP contribution in [0.5, 0.6) is 0 Å². The lowest BCUT2D eigenvalue weighted by Gasteiger charge is -2.24. The number of rotatable bonds is 1. The Balaban J connectivity index is 2.35. The smallest absolute Gasteiger partial charge is 0.288 e. The number of halogens is 5. The first-order valence-electron chi connectivity index (χ1n) is 5.18. The molecule has 1 saturated heterocycles. The van der Waals surface area contributed by atoms with Crippen LogP contribution in [0.1, 0.15) is 18.9 Å². The van der Waals surface area contributed by atoms with E-state index in [-0.39, 0.29) is 0 Å². The lowest BCUT2D eigenvalue weighted by atomic mass is 9.87. The Morgan fingerprint density at radius 1 is 1.28 bits per heavy atom. The van der Waals surface area contributed by atoms with Crippen LogP contribution in [0.25, 0.3) is 0 Å². The Kier molecular flexibility index (Phi) is 3.06. The minimum Gasteiger partial charge on any atom is -0.288 e. The maximum atomic E-state index is 13.6. The van der Waals surface area contributed by atoms with Gasteiger partial charge in [-0.3, -0.25) is 4.84 Å². The van der Waals surface area contributed by atoms with Crippen LogP contribution in [0.2, 0.25) is 0 Å². The van der Waals surface area contributed by atoms with Gasteiger partial charge in [0.15, 0.2) is 6.10 Å². The summed E-state index contributed by atoms with van der Waals surface area (Å²) in [5, 5.41) is 0. The van der Waals surface area contributed by atoms with Gasteiger partial charge in [0.05, 0.1) is 5.54 Å². The fraction of sp³-hybridized carbons (Fsp3) is 0.455. The zero-order valence-corrected chi connectivity index (χ0v) is 9.31. The highest BCUT2D eigenvalue weighted by molar-refractivity contribution is 5.28. The van der Waals surface area contributed by atoms with E-state index in [4.69, 9.17) is 0 Å². The van der Waals surface area contributed by atoms with Crippen LogP contribution in [0.4, 0.5) is 22.0 Å². The summed E-state index contributed by atoms with van der Waals surface area (Å²) >= 11 is 0. The second kappa shape index (κ2) is 4.17. The van der Waals surface area contributed by atoms with E-state index >= 15 is 0 Å². The summed E-state index contributed by atoms with van der Waals surface area (Å²) in [5.41, 5.74) is 0.0941. The molecule has 2 rings (SSSR count). The van der Waals surface area contributed by atoms with Crippen molar-refractivity contribution in [1.29, 1.82) is 0 Å². The Bertz CT molecular complexity index is 441. The Hall–Kier alpha value is -1.21. The van der Waals surface area contributed by atoms with Crippen molar-refractivity contribution in [3.63, 3.8) is 0 Å². The van der Waals surface area contributed by atoms with Gasteiger partial charge in [-0.1, -0.05) is 6.07 Å². The van der Waals surface area contributed by atoms with Crippen LogP contribution in [-0.4, -0.2) is 12.3 Å². The highest BCUT2D eigenvalue weighted by Crippen LogP contribution is 2.40. The van der Waals surface area contributed by atoms with Crippen LogP contribution in [-0.2, 0) is 10.4 Å². The molecule has 18 heavy (non-hydrogen) atoms. The van der Waals surface area contributed by atoms with E-state index in [1.54, 1.807) is 0 Å². The van der Waals surface area contributed by atoms with Gasteiger partial charge >= 0.3 is 6.18 Å². The summed E-state index contributed by atoms with van der Waals surface area (Å²) in [4.78, 5) is 4.39. The zero-order chi connectivity index (χ0) is 13.6. The molecule has 1 aliphatic heterocycles. The summed E-state index contributed by atoms with van der Waals surface area (Å²) in [6, 6.07) is 3.13. The van der Waals surface area contributed by atoms with Crippen molar-refractivity contribution < 1.29 is 26.8 Å². The molecular weight excluding hydrogens is 257 g/mol. The standard InChI is InChI=1S/C11H10F5NO/c1-10(5-8(18-17-10)11(14,15)16)9-6(12)3-2-4-7(9)13/h2-4,8,17H,5H2,1H3/t8-,10-/m0/s1. The first-order chi connectivity index (χ1) is 8.24. The molecule has 2 nitrogen and oxygen atoms in total. The summed E-state index contributed by atoms with van der Waals surface area (Å²) in [5.74, 6) is -1.81. The zero-order valence-electron chi connectivity index (χ0n) is 9.31. The third-order valence-corrected chi connectivity index (χ3v) is 2.90. The second-order valence-corrected chi connectivity index (χ2v) is 4.38. The van der Waals surface area contributed by atoms with E-state index in [1.807, 2.05) is 0 Å². The second-order valence-electron chi connectivity index (χ2n) is 4.38. The molecule has 1 fully saturated rings. The van der Waals surface area contributed by atoms with Gasteiger partial charge in [0.1, 0.15) is 11.6 Å². The first-order valence-corrected chi connectivity index (χ1v) is 5.18. The van der Waals surface area contributed by atoms with Gasteiger partial charge in [0, 0.05) is 12.0 Å². The van der Waals surface area contributed by atoms with Gasteiger partial charge in [0.2, 0.25) is 0 Å². The van der Waals surface area contributed by atoms with Crippen molar-refractivity contribution in [2.75, 3.05) is 0 Å². The molecule has 0 amide bonds. The molecule has 1 aliphatic rings. The molecule has 0 radical (unpaired) electrons. The fourth-order valence-electron chi connectivity index (χ4n) is 2.02. The summed E-state index contributed by atoms with van der Waals surface area (Å²) in [6.45, 7) is 1.26. The highest BCUT2D eigenvalue weighted by atomic mass is 19.4. The van der Waals surface area contributed by atoms with Crippen molar-refractivity contribution in [2.45, 2.75) is 31.2 Å². The molecule has 1 aromatic rings. The quantitative estimate of drug-likeness (QED) is 0.790. The van der Waals surface area contributed by atoms with E-state index in [9.17, 15) is 22.0 Å². The molecule has 1 heterocycles. The van der Waals surface area contributed by atoms with Crippen molar-refractivity contribution in [3.05, 3.63) is 35.4 Å². The van der Waals surface area contributed by atoms with E-state index in [0.717, 1.165) is 18.2 Å². The molecule has 0 bridgehead atoms. The molecule has 1 aromatic carbocycles. The van der Waals surface area contributed by atoms with Crippen LogP contribution in [0, 0.1) is 11.6 Å². The highest BCUT2D eigenvalue weighted by Gasteiger charge is 2.52. The third-order valence-electron chi connectivity index (χ3n) is 2.90. The molecule has 7 heteroatoms. The van der Waals surface area contributed by atoms with Crippen LogP contribution in [0.3, 0.4) is 0 Å². The molecule has 1 N–H and O–H groups in total. The molecule has 0 aromatic heterocycles. The topological polar surface area (TPSA) is 21.3 Å².